The quantitative estimate of drug-likeness (QED) is 0.227. The van der Waals surface area contributed by atoms with Gasteiger partial charge in [-0.15, -0.1) is 0 Å². The normalized spacial score (nSPS) is 13.3. The second kappa shape index (κ2) is 12.1. The van der Waals surface area contributed by atoms with Crippen molar-refractivity contribution < 1.29 is 9.53 Å². The first-order valence-electron chi connectivity index (χ1n) is 11.7. The van der Waals surface area contributed by atoms with Crippen molar-refractivity contribution in [2.45, 2.75) is 73.3 Å². The highest BCUT2D eigenvalue weighted by atomic mass is 32.1. The predicted molar refractivity (Wildman–Crippen MR) is 133 cm³/mol. The standard InChI is InChI=1S/C26H38N2O3S/c1-19(2)17-26(5,20(3)4)24(30)31-16-12-7-6-11-15-28-18-22(23(29)27-25(28)32)21-13-9-8-10-14-21/h8-10,13-14,18-20H,6-7,11-12,15-17H2,1-5H3,(H,27,29,32). The Hall–Kier alpha value is -2.21. The monoisotopic (exact) mass is 458 g/mol. The lowest BCUT2D eigenvalue weighted by Gasteiger charge is -2.32. The van der Waals surface area contributed by atoms with E-state index >= 15 is 0 Å². The van der Waals surface area contributed by atoms with Crippen LogP contribution in [0.1, 0.15) is 66.7 Å². The summed E-state index contributed by atoms with van der Waals surface area (Å²) >= 11 is 5.33. The molecule has 1 heterocycles. The van der Waals surface area contributed by atoms with Crippen molar-refractivity contribution in [1.82, 2.24) is 9.55 Å². The number of rotatable bonds is 12. The molecule has 0 radical (unpaired) electrons. The van der Waals surface area contributed by atoms with E-state index in [2.05, 4.69) is 32.7 Å². The molecule has 1 atom stereocenters. The van der Waals surface area contributed by atoms with Gasteiger partial charge in [0.15, 0.2) is 4.77 Å². The number of H-pyrrole nitrogens is 1. The summed E-state index contributed by atoms with van der Waals surface area (Å²) in [5.41, 5.74) is 0.918. The van der Waals surface area contributed by atoms with Gasteiger partial charge in [-0.25, -0.2) is 0 Å². The van der Waals surface area contributed by atoms with E-state index in [1.807, 2.05) is 48.0 Å². The Morgan fingerprint density at radius 1 is 1.09 bits per heavy atom. The van der Waals surface area contributed by atoms with Gasteiger partial charge in [-0.05, 0) is 62.2 Å². The van der Waals surface area contributed by atoms with Gasteiger partial charge in [-0.2, -0.15) is 0 Å². The van der Waals surface area contributed by atoms with E-state index in [0.717, 1.165) is 44.2 Å². The molecule has 0 amide bonds. The third-order valence-electron chi connectivity index (χ3n) is 6.20. The number of carbonyl (C=O) groups excluding carboxylic acids is 1. The average Bonchev–Trinajstić information content (AvgIpc) is 2.74. The van der Waals surface area contributed by atoms with Gasteiger partial charge >= 0.3 is 5.97 Å². The molecule has 6 heteroatoms. The van der Waals surface area contributed by atoms with Crippen LogP contribution < -0.4 is 5.56 Å². The number of nitrogens with zero attached hydrogens (tertiary/aromatic N) is 1. The van der Waals surface area contributed by atoms with Crippen LogP contribution in [-0.4, -0.2) is 22.1 Å². The van der Waals surface area contributed by atoms with Crippen LogP contribution in [-0.2, 0) is 16.1 Å². The zero-order chi connectivity index (χ0) is 23.7. The number of benzene rings is 1. The molecule has 1 aromatic heterocycles. The zero-order valence-electron chi connectivity index (χ0n) is 20.1. The van der Waals surface area contributed by atoms with Crippen LogP contribution >= 0.6 is 12.2 Å². The van der Waals surface area contributed by atoms with Crippen molar-refractivity contribution in [3.8, 4) is 11.1 Å². The fraction of sp³-hybridized carbons (Fsp3) is 0.577. The molecule has 0 bridgehead atoms. The summed E-state index contributed by atoms with van der Waals surface area (Å²) in [5, 5.41) is 0. The number of nitrogens with one attached hydrogen (secondary N) is 1. The van der Waals surface area contributed by atoms with Gasteiger partial charge in [0, 0.05) is 12.7 Å². The molecule has 32 heavy (non-hydrogen) atoms. The molecule has 1 N–H and O–H groups in total. The van der Waals surface area contributed by atoms with Crippen molar-refractivity contribution in [3.63, 3.8) is 0 Å². The van der Waals surface area contributed by atoms with Gasteiger partial charge in [0.2, 0.25) is 0 Å². The van der Waals surface area contributed by atoms with Crippen LogP contribution in [0, 0.1) is 22.0 Å². The third-order valence-corrected chi connectivity index (χ3v) is 6.53. The van der Waals surface area contributed by atoms with E-state index in [1.165, 1.54) is 0 Å². The van der Waals surface area contributed by atoms with Crippen molar-refractivity contribution in [3.05, 3.63) is 51.7 Å². The number of unbranched alkanes of at least 4 members (excludes halogenated alkanes) is 3. The Bertz CT molecular complexity index is 979. The second-order valence-electron chi connectivity index (χ2n) is 9.58. The first kappa shape index (κ1) is 26.0. The smallest absolute Gasteiger partial charge is 0.312 e. The Labute approximate surface area is 197 Å². The number of aromatic nitrogens is 2. The van der Waals surface area contributed by atoms with E-state index in [4.69, 9.17) is 17.0 Å². The van der Waals surface area contributed by atoms with Crippen molar-refractivity contribution in [2.24, 2.45) is 17.3 Å². The average molecular weight is 459 g/mol. The van der Waals surface area contributed by atoms with Crippen molar-refractivity contribution in [2.75, 3.05) is 6.61 Å². The minimum absolute atomic E-state index is 0.0748. The first-order valence-corrected chi connectivity index (χ1v) is 12.1. The summed E-state index contributed by atoms with van der Waals surface area (Å²) in [6.07, 6.45) is 6.48. The summed E-state index contributed by atoms with van der Waals surface area (Å²) in [7, 11) is 0. The minimum Gasteiger partial charge on any atom is -0.465 e. The molecule has 1 aromatic carbocycles. The van der Waals surface area contributed by atoms with Crippen molar-refractivity contribution >= 4 is 18.2 Å². The molecule has 0 aliphatic carbocycles. The summed E-state index contributed by atoms with van der Waals surface area (Å²) in [6.45, 7) is 11.7. The van der Waals surface area contributed by atoms with Crippen LogP contribution in [0.25, 0.3) is 11.1 Å². The molecule has 0 aliphatic rings. The van der Waals surface area contributed by atoms with Gasteiger partial charge < -0.3 is 9.30 Å². The summed E-state index contributed by atoms with van der Waals surface area (Å²) in [5.74, 6) is 0.631. The number of ether oxygens (including phenoxy) is 1. The molecule has 0 saturated heterocycles. The molecular formula is C26H38N2O3S. The van der Waals surface area contributed by atoms with Crippen molar-refractivity contribution in [1.29, 1.82) is 0 Å². The molecule has 0 spiro atoms. The van der Waals surface area contributed by atoms with Crippen LogP contribution in [0.5, 0.6) is 0 Å². The van der Waals surface area contributed by atoms with E-state index in [0.29, 0.717) is 22.9 Å². The van der Waals surface area contributed by atoms with Crippen LogP contribution in [0.4, 0.5) is 0 Å². The summed E-state index contributed by atoms with van der Waals surface area (Å²) in [4.78, 5) is 27.7. The highest BCUT2D eigenvalue weighted by Crippen LogP contribution is 2.35. The van der Waals surface area contributed by atoms with Crippen LogP contribution in [0.15, 0.2) is 41.3 Å². The van der Waals surface area contributed by atoms with Gasteiger partial charge in [0.1, 0.15) is 0 Å². The topological polar surface area (TPSA) is 64.1 Å². The largest absolute Gasteiger partial charge is 0.465 e. The highest BCUT2D eigenvalue weighted by Gasteiger charge is 2.38. The lowest BCUT2D eigenvalue weighted by Crippen LogP contribution is -2.36. The number of carbonyl (C=O) groups is 1. The summed E-state index contributed by atoms with van der Waals surface area (Å²) in [6, 6.07) is 9.60. The van der Waals surface area contributed by atoms with E-state index in [9.17, 15) is 9.59 Å². The van der Waals surface area contributed by atoms with E-state index in [1.54, 1.807) is 0 Å². The fourth-order valence-electron chi connectivity index (χ4n) is 3.97. The number of hydrogen-bond acceptors (Lipinski definition) is 4. The van der Waals surface area contributed by atoms with Gasteiger partial charge in [-0.1, -0.05) is 64.4 Å². The van der Waals surface area contributed by atoms with Gasteiger partial charge in [0.25, 0.3) is 5.56 Å². The molecule has 176 valence electrons. The third kappa shape index (κ3) is 7.16. The SMILES string of the molecule is CC(C)CC(C)(C(=O)OCCCCCCn1cc(-c2ccccc2)c(=O)[nH]c1=S)C(C)C. The molecule has 1 unspecified atom stereocenters. The predicted octanol–water partition coefficient (Wildman–Crippen LogP) is 6.38. The molecule has 0 aliphatic heterocycles. The Balaban J connectivity index is 1.79. The maximum absolute atomic E-state index is 12.7. The molecular weight excluding hydrogens is 420 g/mol. The Morgan fingerprint density at radius 2 is 1.75 bits per heavy atom. The second-order valence-corrected chi connectivity index (χ2v) is 9.97. The highest BCUT2D eigenvalue weighted by molar-refractivity contribution is 7.71. The Morgan fingerprint density at radius 3 is 2.38 bits per heavy atom. The van der Waals surface area contributed by atoms with E-state index < -0.39 is 5.41 Å². The van der Waals surface area contributed by atoms with Crippen LogP contribution in [0.3, 0.4) is 0 Å². The number of aromatic amines is 1. The molecule has 0 fully saturated rings. The lowest BCUT2D eigenvalue weighted by atomic mass is 9.73. The maximum Gasteiger partial charge on any atom is 0.312 e. The molecule has 2 aromatic rings. The minimum atomic E-state index is -0.425. The lowest BCUT2D eigenvalue weighted by molar-refractivity contribution is -0.159. The van der Waals surface area contributed by atoms with E-state index in [-0.39, 0.29) is 17.4 Å². The number of hydrogen-bond donors (Lipinski definition) is 1. The zero-order valence-corrected chi connectivity index (χ0v) is 21.0. The first-order chi connectivity index (χ1) is 15.1. The molecule has 2 rings (SSSR count). The van der Waals surface area contributed by atoms with Gasteiger partial charge in [0.05, 0.1) is 17.6 Å². The molecule has 0 saturated carbocycles. The maximum atomic E-state index is 12.7. The molecule has 5 nitrogen and oxygen atoms in total. The fourth-order valence-corrected chi connectivity index (χ4v) is 4.21. The Kier molecular flexibility index (Phi) is 9.88. The summed E-state index contributed by atoms with van der Waals surface area (Å²) < 4.78 is 8.01. The number of esters is 1. The number of aryl methyl sites for hydroxylation is 1. The van der Waals surface area contributed by atoms with Crippen LogP contribution in [0.2, 0.25) is 0 Å². The van der Waals surface area contributed by atoms with Gasteiger partial charge in [-0.3, -0.25) is 14.6 Å².